The lowest BCUT2D eigenvalue weighted by atomic mass is 9.69. The van der Waals surface area contributed by atoms with Crippen LogP contribution in [0, 0.1) is 44.4 Å². The fourth-order valence-electron chi connectivity index (χ4n) is 6.74. The molecule has 0 atom stereocenters. The molecular weight excluding hydrogens is 604 g/mol. The number of carbonyl (C=O) groups is 2. The Morgan fingerprint density at radius 2 is 1.06 bits per heavy atom. The van der Waals surface area contributed by atoms with Crippen molar-refractivity contribution in [1.29, 1.82) is 0 Å². The van der Waals surface area contributed by atoms with Gasteiger partial charge in [-0.05, 0) is 130 Å². The topological polar surface area (TPSA) is 52.6 Å². The van der Waals surface area contributed by atoms with E-state index >= 15 is 0 Å². The van der Waals surface area contributed by atoms with Crippen molar-refractivity contribution in [3.8, 4) is 22.6 Å². The van der Waals surface area contributed by atoms with E-state index in [0.29, 0.717) is 22.1 Å². The summed E-state index contributed by atoms with van der Waals surface area (Å²) >= 11 is 6.05. The van der Waals surface area contributed by atoms with Crippen LogP contribution in [0.2, 0.25) is 5.02 Å². The summed E-state index contributed by atoms with van der Waals surface area (Å²) in [6, 6.07) is 28.7. The Hall–Kier alpha value is -3.89. The Morgan fingerprint density at radius 1 is 0.596 bits per heavy atom. The van der Waals surface area contributed by atoms with Crippen molar-refractivity contribution in [1.82, 2.24) is 0 Å². The molecule has 5 heteroatoms. The molecule has 4 aromatic carbocycles. The third kappa shape index (κ3) is 9.81. The predicted molar refractivity (Wildman–Crippen MR) is 191 cm³/mol. The van der Waals surface area contributed by atoms with Crippen LogP contribution < -0.4 is 9.47 Å². The number of hydrogen-bond acceptors (Lipinski definition) is 4. The molecule has 0 spiro atoms. The van der Waals surface area contributed by atoms with Gasteiger partial charge >= 0.3 is 11.9 Å². The van der Waals surface area contributed by atoms with Crippen molar-refractivity contribution in [3.05, 3.63) is 118 Å². The molecule has 0 bridgehead atoms. The third-order valence-electron chi connectivity index (χ3n) is 9.93. The van der Waals surface area contributed by atoms with Gasteiger partial charge in [0.05, 0.1) is 11.5 Å². The molecule has 0 unspecified atom stereocenters. The number of aryl methyl sites for hydroxylation is 3. The molecule has 0 heterocycles. The van der Waals surface area contributed by atoms with Crippen LogP contribution in [-0.2, 0) is 4.79 Å². The van der Waals surface area contributed by atoms with E-state index in [1.807, 2.05) is 50.2 Å². The molecular formula is C42H47ClO4. The number of benzene rings is 4. The minimum absolute atomic E-state index is 0.0235. The van der Waals surface area contributed by atoms with E-state index in [1.165, 1.54) is 49.7 Å². The number of esters is 2. The van der Waals surface area contributed by atoms with Crippen LogP contribution in [0.25, 0.3) is 11.1 Å². The van der Waals surface area contributed by atoms with Crippen molar-refractivity contribution in [2.75, 3.05) is 0 Å². The zero-order valence-corrected chi connectivity index (χ0v) is 28.9. The van der Waals surface area contributed by atoms with Gasteiger partial charge in [0, 0.05) is 5.02 Å². The van der Waals surface area contributed by atoms with Crippen LogP contribution in [-0.4, -0.2) is 11.9 Å². The highest BCUT2D eigenvalue weighted by atomic mass is 35.5. The zero-order valence-electron chi connectivity index (χ0n) is 28.1. The van der Waals surface area contributed by atoms with Gasteiger partial charge in [-0.2, -0.15) is 0 Å². The second-order valence-corrected chi connectivity index (χ2v) is 14.0. The van der Waals surface area contributed by atoms with E-state index in [0.717, 1.165) is 47.3 Å². The van der Waals surface area contributed by atoms with Gasteiger partial charge in [-0.15, -0.1) is 0 Å². The second kappa shape index (κ2) is 16.3. The van der Waals surface area contributed by atoms with Gasteiger partial charge in [-0.3, -0.25) is 4.79 Å². The highest BCUT2D eigenvalue weighted by molar-refractivity contribution is 6.31. The molecule has 0 N–H and O–H groups in total. The molecule has 0 aliphatic heterocycles. The quantitative estimate of drug-likeness (QED) is 0.154. The zero-order chi connectivity index (χ0) is 33.3. The largest absolute Gasteiger partial charge is 0.426 e. The van der Waals surface area contributed by atoms with Crippen LogP contribution in [0.3, 0.4) is 0 Å². The average Bonchev–Trinajstić information content (AvgIpc) is 3.08. The number of rotatable bonds is 6. The van der Waals surface area contributed by atoms with Gasteiger partial charge in [0.2, 0.25) is 0 Å². The molecule has 6 rings (SSSR count). The highest BCUT2D eigenvalue weighted by Crippen LogP contribution is 2.41. The van der Waals surface area contributed by atoms with E-state index < -0.39 is 5.97 Å². The molecule has 4 aromatic rings. The van der Waals surface area contributed by atoms with E-state index in [4.69, 9.17) is 21.1 Å². The lowest BCUT2D eigenvalue weighted by Crippen LogP contribution is -2.29. The summed E-state index contributed by atoms with van der Waals surface area (Å²) in [7, 11) is 0. The molecule has 47 heavy (non-hydrogen) atoms. The molecule has 0 radical (unpaired) electrons. The first-order chi connectivity index (χ1) is 22.6. The standard InChI is InChI=1S/C21H17ClO2.C21H30O2/c1-14-3-6-16(7-4-14)17-9-11-19(12-10-17)24-21(23)18-8-5-15(2)20(22)13-18;1-15-3-7-17(8-4-15)18-9-11-19(12-10-18)21(22)23-20-13-5-16(2)6-14-20/h3-13H,1-2H3;5-6,13-15,17-19H,3-4,7-12H2,1-2H3. The maximum Gasteiger partial charge on any atom is 0.343 e. The predicted octanol–water partition coefficient (Wildman–Crippen LogP) is 11.4. The van der Waals surface area contributed by atoms with Crippen molar-refractivity contribution in [3.63, 3.8) is 0 Å². The molecule has 2 aliphatic rings. The fourth-order valence-corrected chi connectivity index (χ4v) is 6.92. The molecule has 2 fully saturated rings. The smallest absolute Gasteiger partial charge is 0.343 e. The van der Waals surface area contributed by atoms with Gasteiger partial charge in [0.15, 0.2) is 0 Å². The van der Waals surface area contributed by atoms with Crippen molar-refractivity contribution >= 4 is 23.5 Å². The Labute approximate surface area is 285 Å². The van der Waals surface area contributed by atoms with Crippen molar-refractivity contribution < 1.29 is 19.1 Å². The van der Waals surface area contributed by atoms with Crippen LogP contribution in [0.4, 0.5) is 0 Å². The van der Waals surface area contributed by atoms with E-state index in [2.05, 4.69) is 38.1 Å². The summed E-state index contributed by atoms with van der Waals surface area (Å²) in [4.78, 5) is 24.5. The van der Waals surface area contributed by atoms with E-state index in [9.17, 15) is 9.59 Å². The van der Waals surface area contributed by atoms with Crippen LogP contribution in [0.15, 0.2) is 91.0 Å². The van der Waals surface area contributed by atoms with E-state index in [1.54, 1.807) is 30.3 Å². The minimum Gasteiger partial charge on any atom is -0.426 e. The van der Waals surface area contributed by atoms with Gasteiger partial charge in [0.1, 0.15) is 11.5 Å². The summed E-state index contributed by atoms with van der Waals surface area (Å²) in [5.74, 6) is 3.55. The maximum absolute atomic E-state index is 12.4. The van der Waals surface area contributed by atoms with E-state index in [-0.39, 0.29) is 11.9 Å². The summed E-state index contributed by atoms with van der Waals surface area (Å²) < 4.78 is 11.0. The Balaban J connectivity index is 0.000000185. The highest BCUT2D eigenvalue weighted by Gasteiger charge is 2.33. The first-order valence-corrected chi connectivity index (χ1v) is 17.5. The van der Waals surface area contributed by atoms with Crippen LogP contribution >= 0.6 is 11.6 Å². The Morgan fingerprint density at radius 3 is 1.62 bits per heavy atom. The lowest BCUT2D eigenvalue weighted by molar-refractivity contribution is -0.140. The Bertz CT molecular complexity index is 1610. The van der Waals surface area contributed by atoms with Gasteiger partial charge in [-0.1, -0.05) is 97.1 Å². The number of carbonyl (C=O) groups excluding carboxylic acids is 2. The second-order valence-electron chi connectivity index (χ2n) is 13.6. The molecule has 0 saturated heterocycles. The summed E-state index contributed by atoms with van der Waals surface area (Å²) in [6.07, 6.45) is 10.1. The summed E-state index contributed by atoms with van der Waals surface area (Å²) in [5, 5.41) is 0.555. The molecule has 0 amide bonds. The SMILES string of the molecule is Cc1ccc(-c2ccc(OC(=O)c3ccc(C)c(Cl)c3)cc2)cc1.Cc1ccc(OC(=O)C2CCC(C3CCC(C)CC3)CC2)cc1. The van der Waals surface area contributed by atoms with Gasteiger partial charge in [0.25, 0.3) is 0 Å². The average molecular weight is 651 g/mol. The maximum atomic E-state index is 12.4. The monoisotopic (exact) mass is 650 g/mol. The fraction of sp³-hybridized carbons (Fsp3) is 0.381. The summed E-state index contributed by atoms with van der Waals surface area (Å²) in [6.45, 7) is 8.37. The first kappa shape index (κ1) is 34.4. The molecule has 2 aliphatic carbocycles. The van der Waals surface area contributed by atoms with Gasteiger partial charge < -0.3 is 9.47 Å². The molecule has 4 nitrogen and oxygen atoms in total. The van der Waals surface area contributed by atoms with Crippen LogP contribution in [0.5, 0.6) is 11.5 Å². The number of hydrogen-bond donors (Lipinski definition) is 0. The Kier molecular flexibility index (Phi) is 11.9. The molecule has 0 aromatic heterocycles. The van der Waals surface area contributed by atoms with Crippen molar-refractivity contribution in [2.45, 2.75) is 79.1 Å². The van der Waals surface area contributed by atoms with Gasteiger partial charge in [-0.25, -0.2) is 4.79 Å². The first-order valence-electron chi connectivity index (χ1n) is 17.1. The number of halogens is 1. The summed E-state index contributed by atoms with van der Waals surface area (Å²) in [5.41, 5.74) is 5.98. The normalized spacial score (nSPS) is 20.8. The number of ether oxygens (including phenoxy) is 2. The lowest BCUT2D eigenvalue weighted by Gasteiger charge is -2.36. The molecule has 246 valence electrons. The van der Waals surface area contributed by atoms with Crippen LogP contribution in [0.1, 0.15) is 85.3 Å². The minimum atomic E-state index is -0.417. The van der Waals surface area contributed by atoms with Crippen molar-refractivity contribution in [2.24, 2.45) is 23.7 Å². The molecule has 2 saturated carbocycles. The third-order valence-corrected chi connectivity index (χ3v) is 10.3.